The third-order valence-electron chi connectivity index (χ3n) is 5.04. The number of aromatic amines is 1. The highest BCUT2D eigenvalue weighted by molar-refractivity contribution is 6.07. The van der Waals surface area contributed by atoms with Gasteiger partial charge in [-0.3, -0.25) is 14.7 Å². The molecule has 2 aromatic carbocycles. The van der Waals surface area contributed by atoms with Gasteiger partial charge < -0.3 is 15.8 Å². The number of nitrogens with two attached hydrogens (primary N) is 1. The minimum Gasteiger partial charge on any atom is -0.495 e. The van der Waals surface area contributed by atoms with Gasteiger partial charge in [0.1, 0.15) is 17.1 Å². The molecule has 0 aliphatic heterocycles. The molecule has 1 aromatic heterocycles. The zero-order valence-electron chi connectivity index (χ0n) is 15.7. The first kappa shape index (κ1) is 18.7. The number of aromatic nitrogens is 2. The standard InChI is InChI=1S/C21H19FN4O3/c1-29-18-14(19(27)24-21(10-11-21)20(23)28)7-9-16-17(18)15(25-26-16)8-4-12-2-5-13(22)6-3-12/h2-9H,10-11H2,1H3,(H2,23,28)(H,24,27)(H,25,26)/b8-4+. The Hall–Kier alpha value is -3.68. The Kier molecular flexibility index (Phi) is 4.54. The van der Waals surface area contributed by atoms with Gasteiger partial charge in [-0.2, -0.15) is 5.10 Å². The average Bonchev–Trinajstić information content (AvgIpc) is 3.38. The Bertz CT molecular complexity index is 1130. The van der Waals surface area contributed by atoms with Gasteiger partial charge in [0.15, 0.2) is 0 Å². The van der Waals surface area contributed by atoms with Crippen molar-refractivity contribution in [3.05, 3.63) is 59.0 Å². The van der Waals surface area contributed by atoms with Crippen molar-refractivity contribution in [3.63, 3.8) is 0 Å². The van der Waals surface area contributed by atoms with Gasteiger partial charge in [-0.25, -0.2) is 4.39 Å². The number of rotatable bonds is 6. The number of benzene rings is 2. The highest BCUT2D eigenvalue weighted by Gasteiger charge is 2.50. The molecule has 148 valence electrons. The van der Waals surface area contributed by atoms with Crippen molar-refractivity contribution >= 4 is 34.9 Å². The highest BCUT2D eigenvalue weighted by Crippen LogP contribution is 2.37. The molecule has 29 heavy (non-hydrogen) atoms. The zero-order chi connectivity index (χ0) is 20.6. The van der Waals surface area contributed by atoms with Crippen LogP contribution in [0.4, 0.5) is 4.39 Å². The van der Waals surface area contributed by atoms with Crippen LogP contribution >= 0.6 is 0 Å². The second-order valence-electron chi connectivity index (χ2n) is 6.96. The van der Waals surface area contributed by atoms with Gasteiger partial charge in [0.25, 0.3) is 5.91 Å². The Balaban J connectivity index is 1.71. The highest BCUT2D eigenvalue weighted by atomic mass is 19.1. The van der Waals surface area contributed by atoms with E-state index in [9.17, 15) is 14.0 Å². The number of hydrogen-bond acceptors (Lipinski definition) is 4. The third-order valence-corrected chi connectivity index (χ3v) is 5.04. The van der Waals surface area contributed by atoms with E-state index >= 15 is 0 Å². The summed E-state index contributed by atoms with van der Waals surface area (Å²) in [7, 11) is 1.47. The number of halogens is 1. The van der Waals surface area contributed by atoms with Crippen molar-refractivity contribution in [1.82, 2.24) is 15.5 Å². The molecule has 2 amide bonds. The minimum absolute atomic E-state index is 0.283. The van der Waals surface area contributed by atoms with Crippen LogP contribution < -0.4 is 15.8 Å². The summed E-state index contributed by atoms with van der Waals surface area (Å²) < 4.78 is 18.6. The van der Waals surface area contributed by atoms with Crippen molar-refractivity contribution < 1.29 is 18.7 Å². The van der Waals surface area contributed by atoms with Gasteiger partial charge in [0.05, 0.1) is 29.3 Å². The fourth-order valence-corrected chi connectivity index (χ4v) is 3.21. The maximum Gasteiger partial charge on any atom is 0.255 e. The molecular formula is C21H19FN4O3. The largest absolute Gasteiger partial charge is 0.495 e. The van der Waals surface area contributed by atoms with Crippen LogP contribution in [-0.2, 0) is 4.79 Å². The summed E-state index contributed by atoms with van der Waals surface area (Å²) in [6.07, 6.45) is 4.58. The van der Waals surface area contributed by atoms with Crippen LogP contribution in [0.5, 0.6) is 5.75 Å². The smallest absolute Gasteiger partial charge is 0.255 e. The molecule has 0 radical (unpaired) electrons. The van der Waals surface area contributed by atoms with Crippen molar-refractivity contribution in [3.8, 4) is 5.75 Å². The molecule has 1 aliphatic carbocycles. The summed E-state index contributed by atoms with van der Waals surface area (Å²) in [5.41, 5.74) is 6.76. The molecule has 4 rings (SSSR count). The van der Waals surface area contributed by atoms with Crippen LogP contribution in [0.15, 0.2) is 36.4 Å². The Morgan fingerprint density at radius 2 is 1.93 bits per heavy atom. The third kappa shape index (κ3) is 3.44. The van der Waals surface area contributed by atoms with Crippen molar-refractivity contribution in [2.45, 2.75) is 18.4 Å². The number of carbonyl (C=O) groups excluding carboxylic acids is 2. The van der Waals surface area contributed by atoms with E-state index in [1.54, 1.807) is 36.4 Å². The first-order valence-electron chi connectivity index (χ1n) is 9.05. The van der Waals surface area contributed by atoms with Crippen LogP contribution in [0.2, 0.25) is 0 Å². The molecule has 4 N–H and O–H groups in total. The van der Waals surface area contributed by atoms with Crippen LogP contribution in [0.25, 0.3) is 23.1 Å². The molecule has 1 saturated carbocycles. The van der Waals surface area contributed by atoms with Gasteiger partial charge in [-0.05, 0) is 48.7 Å². The van der Waals surface area contributed by atoms with E-state index < -0.39 is 17.4 Å². The summed E-state index contributed by atoms with van der Waals surface area (Å²) in [6, 6.07) is 9.37. The number of primary amides is 1. The van der Waals surface area contributed by atoms with Crippen LogP contribution in [0.3, 0.4) is 0 Å². The van der Waals surface area contributed by atoms with Gasteiger partial charge in [0.2, 0.25) is 5.91 Å². The molecule has 0 unspecified atom stereocenters. The lowest BCUT2D eigenvalue weighted by Gasteiger charge is -2.15. The fraction of sp³-hybridized carbons (Fsp3) is 0.190. The number of carbonyl (C=O) groups is 2. The maximum atomic E-state index is 13.1. The van der Waals surface area contributed by atoms with E-state index in [1.165, 1.54) is 19.2 Å². The number of methoxy groups -OCH3 is 1. The lowest BCUT2D eigenvalue weighted by molar-refractivity contribution is -0.120. The Morgan fingerprint density at radius 3 is 2.55 bits per heavy atom. The predicted molar refractivity (Wildman–Crippen MR) is 107 cm³/mol. The number of nitrogens with one attached hydrogen (secondary N) is 2. The number of hydrogen-bond donors (Lipinski definition) is 3. The zero-order valence-corrected chi connectivity index (χ0v) is 15.7. The van der Waals surface area contributed by atoms with Crippen molar-refractivity contribution in [2.75, 3.05) is 7.11 Å². The van der Waals surface area contributed by atoms with Crippen LogP contribution in [-0.4, -0.2) is 34.7 Å². The van der Waals surface area contributed by atoms with Gasteiger partial charge in [-0.1, -0.05) is 18.2 Å². The van der Waals surface area contributed by atoms with Crippen LogP contribution in [0.1, 0.15) is 34.5 Å². The van der Waals surface area contributed by atoms with Crippen molar-refractivity contribution in [1.29, 1.82) is 0 Å². The van der Waals surface area contributed by atoms with Gasteiger partial charge in [0, 0.05) is 0 Å². The number of amides is 2. The minimum atomic E-state index is -0.973. The summed E-state index contributed by atoms with van der Waals surface area (Å²) in [4.78, 5) is 24.4. The normalized spacial score (nSPS) is 14.8. The Morgan fingerprint density at radius 1 is 1.21 bits per heavy atom. The molecule has 0 atom stereocenters. The molecule has 3 aromatic rings. The Labute approximate surface area is 165 Å². The molecule has 1 heterocycles. The summed E-state index contributed by atoms with van der Waals surface area (Å²) in [5, 5.41) is 10.5. The van der Waals surface area contributed by atoms with E-state index in [0.29, 0.717) is 35.2 Å². The first-order chi connectivity index (χ1) is 13.9. The van der Waals surface area contributed by atoms with E-state index in [4.69, 9.17) is 10.5 Å². The summed E-state index contributed by atoms with van der Waals surface area (Å²) >= 11 is 0. The molecule has 0 spiro atoms. The second kappa shape index (κ2) is 7.05. The monoisotopic (exact) mass is 394 g/mol. The van der Waals surface area contributed by atoms with Gasteiger partial charge >= 0.3 is 0 Å². The topological polar surface area (TPSA) is 110 Å². The fourth-order valence-electron chi connectivity index (χ4n) is 3.21. The molecule has 1 aliphatic rings. The van der Waals surface area contributed by atoms with E-state index in [2.05, 4.69) is 15.5 Å². The van der Waals surface area contributed by atoms with E-state index in [1.807, 2.05) is 0 Å². The predicted octanol–water partition coefficient (Wildman–Crippen LogP) is 2.63. The van der Waals surface area contributed by atoms with E-state index in [0.717, 1.165) is 5.56 Å². The molecule has 1 fully saturated rings. The van der Waals surface area contributed by atoms with Crippen molar-refractivity contribution in [2.24, 2.45) is 5.73 Å². The van der Waals surface area contributed by atoms with Gasteiger partial charge in [-0.15, -0.1) is 0 Å². The molecule has 0 bridgehead atoms. The maximum absolute atomic E-state index is 13.1. The SMILES string of the molecule is COc1c(C(=O)NC2(C(N)=O)CC2)ccc2[nH]nc(/C=C/c3ccc(F)cc3)c12. The van der Waals surface area contributed by atoms with E-state index in [-0.39, 0.29) is 11.4 Å². The molecule has 8 heteroatoms. The quantitative estimate of drug-likeness (QED) is 0.597. The molecular weight excluding hydrogens is 375 g/mol. The summed E-state index contributed by atoms with van der Waals surface area (Å²) in [5.74, 6) is -0.950. The average molecular weight is 394 g/mol. The number of nitrogens with zero attached hydrogens (tertiary/aromatic N) is 1. The number of ether oxygens (including phenoxy) is 1. The molecule has 0 saturated heterocycles. The lowest BCUT2D eigenvalue weighted by atomic mass is 10.1. The second-order valence-corrected chi connectivity index (χ2v) is 6.96. The molecule has 7 nitrogen and oxygen atoms in total. The number of fused-ring (bicyclic) bond motifs is 1. The lowest BCUT2D eigenvalue weighted by Crippen LogP contribution is -2.46. The first-order valence-corrected chi connectivity index (χ1v) is 9.05. The summed E-state index contributed by atoms with van der Waals surface area (Å²) in [6.45, 7) is 0. The number of H-pyrrole nitrogens is 1. The van der Waals surface area contributed by atoms with Crippen LogP contribution in [0, 0.1) is 5.82 Å².